The molecule has 0 N–H and O–H groups in total. The standard InChI is InChI=1S/C11H12O3/c1-6-9(13-3)5-4-8-10(12)7(2)14-11(6)8/h4-5,7H,1-3H3/t7-/m1/s1. The smallest absolute Gasteiger partial charge is 0.206 e. The molecule has 0 saturated heterocycles. The van der Waals surface area contributed by atoms with Gasteiger partial charge in [-0.05, 0) is 26.0 Å². The zero-order chi connectivity index (χ0) is 10.3. The van der Waals surface area contributed by atoms with Gasteiger partial charge in [0.15, 0.2) is 6.10 Å². The van der Waals surface area contributed by atoms with Gasteiger partial charge in [-0.2, -0.15) is 0 Å². The molecule has 0 aliphatic carbocycles. The maximum absolute atomic E-state index is 11.6. The minimum Gasteiger partial charge on any atom is -0.496 e. The molecule has 0 spiro atoms. The summed E-state index contributed by atoms with van der Waals surface area (Å²) in [7, 11) is 1.61. The third-order valence-electron chi connectivity index (χ3n) is 2.51. The van der Waals surface area contributed by atoms with Crippen molar-refractivity contribution in [2.24, 2.45) is 0 Å². The largest absolute Gasteiger partial charge is 0.496 e. The predicted octanol–water partition coefficient (Wildman–Crippen LogP) is 1.97. The number of hydrogen-bond acceptors (Lipinski definition) is 3. The summed E-state index contributed by atoms with van der Waals surface area (Å²) in [6.07, 6.45) is -0.365. The first-order valence-corrected chi connectivity index (χ1v) is 4.53. The fourth-order valence-corrected chi connectivity index (χ4v) is 1.69. The number of rotatable bonds is 1. The molecule has 0 unspecified atom stereocenters. The summed E-state index contributed by atoms with van der Waals surface area (Å²) in [5.41, 5.74) is 1.55. The highest BCUT2D eigenvalue weighted by atomic mass is 16.5. The van der Waals surface area contributed by atoms with Gasteiger partial charge in [-0.3, -0.25) is 4.79 Å². The van der Waals surface area contributed by atoms with Crippen LogP contribution < -0.4 is 9.47 Å². The highest BCUT2D eigenvalue weighted by Gasteiger charge is 2.30. The number of Topliss-reactive ketones (excluding diaryl/α,β-unsaturated/α-hetero) is 1. The number of methoxy groups -OCH3 is 1. The SMILES string of the molecule is COc1ccc2c(c1C)O[C@H](C)C2=O. The molecule has 1 aromatic carbocycles. The van der Waals surface area contributed by atoms with Gasteiger partial charge in [0.05, 0.1) is 12.7 Å². The van der Waals surface area contributed by atoms with Crippen molar-refractivity contribution in [1.29, 1.82) is 0 Å². The van der Waals surface area contributed by atoms with Crippen molar-refractivity contribution in [3.8, 4) is 11.5 Å². The summed E-state index contributed by atoms with van der Waals surface area (Å²) >= 11 is 0. The molecule has 74 valence electrons. The number of carbonyl (C=O) groups is 1. The van der Waals surface area contributed by atoms with Crippen molar-refractivity contribution in [2.45, 2.75) is 20.0 Å². The van der Waals surface area contributed by atoms with Gasteiger partial charge in [-0.25, -0.2) is 0 Å². The van der Waals surface area contributed by atoms with E-state index in [0.29, 0.717) is 11.3 Å². The van der Waals surface area contributed by atoms with Gasteiger partial charge in [0.2, 0.25) is 5.78 Å². The first-order chi connectivity index (χ1) is 6.65. The summed E-state index contributed by atoms with van der Waals surface area (Å²) in [6, 6.07) is 3.56. The Morgan fingerprint density at radius 3 is 2.79 bits per heavy atom. The van der Waals surface area contributed by atoms with Crippen LogP contribution in [0.1, 0.15) is 22.8 Å². The van der Waals surface area contributed by atoms with E-state index >= 15 is 0 Å². The Kier molecular flexibility index (Phi) is 1.95. The number of fused-ring (bicyclic) bond motifs is 1. The molecular formula is C11H12O3. The Balaban J connectivity index is 2.58. The van der Waals surface area contributed by atoms with E-state index in [1.54, 1.807) is 26.2 Å². The maximum Gasteiger partial charge on any atom is 0.206 e. The highest BCUT2D eigenvalue weighted by molar-refractivity contribution is 6.04. The summed E-state index contributed by atoms with van der Waals surface area (Å²) in [5, 5.41) is 0. The van der Waals surface area contributed by atoms with Gasteiger partial charge < -0.3 is 9.47 Å². The zero-order valence-corrected chi connectivity index (χ0v) is 8.46. The number of ether oxygens (including phenoxy) is 2. The Hall–Kier alpha value is -1.51. The molecule has 3 nitrogen and oxygen atoms in total. The van der Waals surface area contributed by atoms with Crippen LogP contribution in [0, 0.1) is 6.92 Å². The molecule has 0 saturated carbocycles. The van der Waals surface area contributed by atoms with E-state index in [1.165, 1.54) is 0 Å². The first kappa shape index (κ1) is 9.06. The van der Waals surface area contributed by atoms with Crippen molar-refractivity contribution >= 4 is 5.78 Å². The highest BCUT2D eigenvalue weighted by Crippen LogP contribution is 2.36. The number of hydrogen-bond donors (Lipinski definition) is 0. The van der Waals surface area contributed by atoms with Crippen LogP contribution in [0.3, 0.4) is 0 Å². The van der Waals surface area contributed by atoms with Gasteiger partial charge in [-0.1, -0.05) is 0 Å². The Labute approximate surface area is 82.6 Å². The minimum absolute atomic E-state index is 0.0470. The summed E-state index contributed by atoms with van der Waals surface area (Å²) in [4.78, 5) is 11.6. The molecule has 0 aromatic heterocycles. The molecule has 0 radical (unpaired) electrons. The molecular weight excluding hydrogens is 180 g/mol. The van der Waals surface area contributed by atoms with E-state index in [4.69, 9.17) is 9.47 Å². The summed E-state index contributed by atoms with van der Waals surface area (Å²) < 4.78 is 10.6. The Morgan fingerprint density at radius 1 is 1.43 bits per heavy atom. The monoisotopic (exact) mass is 192 g/mol. The zero-order valence-electron chi connectivity index (χ0n) is 8.46. The molecule has 1 aliphatic rings. The van der Waals surface area contributed by atoms with Crippen molar-refractivity contribution in [3.05, 3.63) is 23.3 Å². The lowest BCUT2D eigenvalue weighted by Crippen LogP contribution is -2.14. The molecule has 1 aromatic rings. The van der Waals surface area contributed by atoms with Gasteiger partial charge in [0, 0.05) is 5.56 Å². The lowest BCUT2D eigenvalue weighted by atomic mass is 10.1. The number of benzene rings is 1. The second-order valence-electron chi connectivity index (χ2n) is 3.39. The average Bonchev–Trinajstić information content (AvgIpc) is 2.46. The molecule has 3 heteroatoms. The van der Waals surface area contributed by atoms with Crippen LogP contribution >= 0.6 is 0 Å². The molecule has 1 aliphatic heterocycles. The Bertz CT molecular complexity index is 396. The second kappa shape index (κ2) is 3.01. The van der Waals surface area contributed by atoms with Gasteiger partial charge in [-0.15, -0.1) is 0 Å². The van der Waals surface area contributed by atoms with Crippen molar-refractivity contribution < 1.29 is 14.3 Å². The Morgan fingerprint density at radius 2 is 2.14 bits per heavy atom. The van der Waals surface area contributed by atoms with E-state index in [1.807, 2.05) is 6.92 Å². The van der Waals surface area contributed by atoms with E-state index in [9.17, 15) is 4.79 Å². The molecule has 0 amide bonds. The first-order valence-electron chi connectivity index (χ1n) is 4.53. The van der Waals surface area contributed by atoms with Crippen LogP contribution in [-0.2, 0) is 0 Å². The van der Waals surface area contributed by atoms with Crippen molar-refractivity contribution in [2.75, 3.05) is 7.11 Å². The molecule has 2 rings (SSSR count). The maximum atomic E-state index is 11.6. The van der Waals surface area contributed by atoms with E-state index in [-0.39, 0.29) is 11.9 Å². The fraction of sp³-hybridized carbons (Fsp3) is 0.364. The fourth-order valence-electron chi connectivity index (χ4n) is 1.69. The molecule has 14 heavy (non-hydrogen) atoms. The van der Waals surface area contributed by atoms with E-state index in [2.05, 4.69) is 0 Å². The molecule has 1 heterocycles. The van der Waals surface area contributed by atoms with Crippen molar-refractivity contribution in [3.63, 3.8) is 0 Å². The predicted molar refractivity (Wildman–Crippen MR) is 52.2 cm³/mol. The average molecular weight is 192 g/mol. The summed E-state index contributed by atoms with van der Waals surface area (Å²) in [6.45, 7) is 3.65. The van der Waals surface area contributed by atoms with Crippen molar-refractivity contribution in [1.82, 2.24) is 0 Å². The third kappa shape index (κ3) is 1.09. The van der Waals surface area contributed by atoms with Crippen LogP contribution in [0.25, 0.3) is 0 Å². The van der Waals surface area contributed by atoms with Crippen LogP contribution in [0.2, 0.25) is 0 Å². The normalized spacial score (nSPS) is 19.1. The van der Waals surface area contributed by atoms with E-state index in [0.717, 1.165) is 11.3 Å². The lowest BCUT2D eigenvalue weighted by molar-refractivity contribution is 0.0878. The van der Waals surface area contributed by atoms with E-state index < -0.39 is 0 Å². The van der Waals surface area contributed by atoms with Gasteiger partial charge in [0.25, 0.3) is 0 Å². The minimum atomic E-state index is -0.365. The topological polar surface area (TPSA) is 35.5 Å². The third-order valence-corrected chi connectivity index (χ3v) is 2.51. The van der Waals surface area contributed by atoms with Gasteiger partial charge in [0.1, 0.15) is 11.5 Å². The van der Waals surface area contributed by atoms with Crippen LogP contribution in [0.4, 0.5) is 0 Å². The molecule has 0 fully saturated rings. The number of ketones is 1. The van der Waals surface area contributed by atoms with Crippen LogP contribution in [0.5, 0.6) is 11.5 Å². The molecule has 0 bridgehead atoms. The molecule has 1 atom stereocenters. The summed E-state index contributed by atoms with van der Waals surface area (Å²) in [5.74, 6) is 1.47. The van der Waals surface area contributed by atoms with Gasteiger partial charge >= 0.3 is 0 Å². The second-order valence-corrected chi connectivity index (χ2v) is 3.39. The lowest BCUT2D eigenvalue weighted by Gasteiger charge is -2.08. The van der Waals surface area contributed by atoms with Crippen LogP contribution in [0.15, 0.2) is 12.1 Å². The number of carbonyl (C=O) groups excluding carboxylic acids is 1. The quantitative estimate of drug-likeness (QED) is 0.682. The van der Waals surface area contributed by atoms with Crippen LogP contribution in [-0.4, -0.2) is 19.0 Å².